The maximum Gasteiger partial charge on any atom is 0.313 e. The number of nitrogens with one attached hydrogen (secondary N) is 1. The fraction of sp³-hybridized carbons (Fsp3) is 0.267. The SMILES string of the molecule is CCOC(=O)Cc1nc(-c2ccc(Br)cc2)cn1NC(C)=O. The number of nitrogens with zero attached hydrogens (tertiary/aromatic N) is 2. The van der Waals surface area contributed by atoms with Crippen LogP contribution in [-0.4, -0.2) is 28.1 Å². The van der Waals surface area contributed by atoms with Gasteiger partial charge in [-0.15, -0.1) is 0 Å². The summed E-state index contributed by atoms with van der Waals surface area (Å²) in [5, 5.41) is 0. The van der Waals surface area contributed by atoms with E-state index in [1.165, 1.54) is 11.6 Å². The molecule has 2 rings (SSSR count). The van der Waals surface area contributed by atoms with Crippen LogP contribution < -0.4 is 5.43 Å². The average Bonchev–Trinajstić information content (AvgIpc) is 2.82. The Labute approximate surface area is 136 Å². The summed E-state index contributed by atoms with van der Waals surface area (Å²) in [6.07, 6.45) is 1.67. The fourth-order valence-corrected chi connectivity index (χ4v) is 2.17. The summed E-state index contributed by atoms with van der Waals surface area (Å²) in [7, 11) is 0. The second kappa shape index (κ2) is 7.22. The van der Waals surface area contributed by atoms with Crippen molar-refractivity contribution in [3.8, 4) is 11.3 Å². The van der Waals surface area contributed by atoms with Crippen molar-refractivity contribution in [2.45, 2.75) is 20.3 Å². The average molecular weight is 366 g/mol. The smallest absolute Gasteiger partial charge is 0.313 e. The van der Waals surface area contributed by atoms with Crippen molar-refractivity contribution < 1.29 is 14.3 Å². The van der Waals surface area contributed by atoms with Crippen LogP contribution in [0.3, 0.4) is 0 Å². The Morgan fingerprint density at radius 1 is 1.32 bits per heavy atom. The van der Waals surface area contributed by atoms with Crippen molar-refractivity contribution in [2.24, 2.45) is 0 Å². The van der Waals surface area contributed by atoms with Crippen molar-refractivity contribution in [2.75, 3.05) is 12.0 Å². The van der Waals surface area contributed by atoms with E-state index < -0.39 is 0 Å². The third kappa shape index (κ3) is 4.17. The molecule has 0 radical (unpaired) electrons. The Hall–Kier alpha value is -2.15. The Kier molecular flexibility index (Phi) is 5.32. The van der Waals surface area contributed by atoms with E-state index in [2.05, 4.69) is 26.3 Å². The number of amides is 1. The number of benzene rings is 1. The standard InChI is InChI=1S/C15H16BrN3O3/c1-3-22-15(21)8-14-17-13(9-19(14)18-10(2)20)11-4-6-12(16)7-5-11/h4-7,9H,3,8H2,1-2H3,(H,18,20). The summed E-state index contributed by atoms with van der Waals surface area (Å²) >= 11 is 3.38. The molecular weight excluding hydrogens is 350 g/mol. The largest absolute Gasteiger partial charge is 0.466 e. The molecule has 1 heterocycles. The molecule has 1 amide bonds. The molecule has 116 valence electrons. The van der Waals surface area contributed by atoms with Crippen LogP contribution in [0.25, 0.3) is 11.3 Å². The van der Waals surface area contributed by atoms with Crippen LogP contribution in [0.5, 0.6) is 0 Å². The molecule has 1 aromatic heterocycles. The molecule has 0 saturated heterocycles. The second-order valence-electron chi connectivity index (χ2n) is 4.57. The van der Waals surface area contributed by atoms with E-state index in [4.69, 9.17) is 4.74 Å². The molecule has 0 atom stereocenters. The van der Waals surface area contributed by atoms with Gasteiger partial charge in [0.25, 0.3) is 0 Å². The number of hydrogen-bond acceptors (Lipinski definition) is 4. The van der Waals surface area contributed by atoms with Crippen molar-refractivity contribution in [3.63, 3.8) is 0 Å². The van der Waals surface area contributed by atoms with Crippen LogP contribution in [0.1, 0.15) is 19.7 Å². The van der Waals surface area contributed by atoms with Crippen LogP contribution in [0, 0.1) is 0 Å². The monoisotopic (exact) mass is 365 g/mol. The Bertz CT molecular complexity index is 680. The molecule has 0 unspecified atom stereocenters. The normalized spacial score (nSPS) is 10.3. The molecule has 0 aliphatic rings. The van der Waals surface area contributed by atoms with E-state index >= 15 is 0 Å². The molecule has 0 aliphatic heterocycles. The van der Waals surface area contributed by atoms with Crippen molar-refractivity contribution in [3.05, 3.63) is 40.8 Å². The minimum absolute atomic E-state index is 0.00928. The summed E-state index contributed by atoms with van der Waals surface area (Å²) in [6, 6.07) is 7.60. The molecule has 1 N–H and O–H groups in total. The zero-order valence-corrected chi connectivity index (χ0v) is 13.9. The predicted octanol–water partition coefficient (Wildman–Crippen LogP) is 2.51. The quantitative estimate of drug-likeness (QED) is 0.826. The van der Waals surface area contributed by atoms with Gasteiger partial charge in [-0.3, -0.25) is 15.0 Å². The van der Waals surface area contributed by atoms with E-state index in [1.54, 1.807) is 13.1 Å². The first-order chi connectivity index (χ1) is 10.5. The fourth-order valence-electron chi connectivity index (χ4n) is 1.91. The van der Waals surface area contributed by atoms with Crippen molar-refractivity contribution >= 4 is 27.8 Å². The Balaban J connectivity index is 2.32. The lowest BCUT2D eigenvalue weighted by molar-refractivity contribution is -0.142. The molecule has 0 saturated carbocycles. The van der Waals surface area contributed by atoms with Gasteiger partial charge in [0.05, 0.1) is 18.5 Å². The number of carbonyl (C=O) groups excluding carboxylic acids is 2. The molecule has 2 aromatic rings. The first-order valence-electron chi connectivity index (χ1n) is 6.77. The molecule has 1 aromatic carbocycles. The number of ether oxygens (including phenoxy) is 1. The van der Waals surface area contributed by atoms with Gasteiger partial charge in [0.15, 0.2) is 0 Å². The van der Waals surface area contributed by atoms with E-state index in [9.17, 15) is 9.59 Å². The third-order valence-electron chi connectivity index (χ3n) is 2.80. The first kappa shape index (κ1) is 16.2. The second-order valence-corrected chi connectivity index (χ2v) is 5.48. The van der Waals surface area contributed by atoms with Crippen LogP contribution in [-0.2, 0) is 20.7 Å². The lowest BCUT2D eigenvalue weighted by Crippen LogP contribution is -2.23. The lowest BCUT2D eigenvalue weighted by atomic mass is 10.2. The van der Waals surface area contributed by atoms with E-state index in [0.717, 1.165) is 10.0 Å². The molecule has 0 spiro atoms. The molecular formula is C15H16BrN3O3. The number of carbonyl (C=O) groups is 2. The minimum atomic E-state index is -0.387. The van der Waals surface area contributed by atoms with E-state index in [-0.39, 0.29) is 18.3 Å². The van der Waals surface area contributed by atoms with Crippen LogP contribution >= 0.6 is 15.9 Å². The highest BCUT2D eigenvalue weighted by Crippen LogP contribution is 2.21. The van der Waals surface area contributed by atoms with Crippen LogP contribution in [0.15, 0.2) is 34.9 Å². The van der Waals surface area contributed by atoms with Crippen LogP contribution in [0.2, 0.25) is 0 Å². The van der Waals surface area contributed by atoms with Gasteiger partial charge in [-0.05, 0) is 19.1 Å². The number of rotatable bonds is 5. The highest BCUT2D eigenvalue weighted by molar-refractivity contribution is 9.10. The number of aromatic nitrogens is 2. The highest BCUT2D eigenvalue weighted by Gasteiger charge is 2.14. The molecule has 0 aliphatic carbocycles. The molecule has 6 nitrogen and oxygen atoms in total. The summed E-state index contributed by atoms with van der Waals surface area (Å²) in [5.41, 5.74) is 4.17. The van der Waals surface area contributed by atoms with Gasteiger partial charge < -0.3 is 4.74 Å². The predicted molar refractivity (Wildman–Crippen MR) is 85.7 cm³/mol. The maximum atomic E-state index is 11.6. The summed E-state index contributed by atoms with van der Waals surface area (Å²) in [5.74, 6) is -0.210. The third-order valence-corrected chi connectivity index (χ3v) is 3.33. The number of halogens is 1. The Morgan fingerprint density at radius 3 is 2.59 bits per heavy atom. The summed E-state index contributed by atoms with van der Waals surface area (Å²) < 4.78 is 7.34. The Morgan fingerprint density at radius 2 is 2.00 bits per heavy atom. The van der Waals surface area contributed by atoms with Gasteiger partial charge in [0, 0.05) is 17.0 Å². The zero-order valence-electron chi connectivity index (χ0n) is 12.3. The van der Waals surface area contributed by atoms with Crippen molar-refractivity contribution in [1.29, 1.82) is 0 Å². The number of esters is 1. The molecule has 22 heavy (non-hydrogen) atoms. The lowest BCUT2D eigenvalue weighted by Gasteiger charge is -2.06. The van der Waals surface area contributed by atoms with E-state index in [0.29, 0.717) is 18.1 Å². The number of imidazole rings is 1. The molecule has 0 fully saturated rings. The van der Waals surface area contributed by atoms with E-state index in [1.807, 2.05) is 24.3 Å². The van der Waals surface area contributed by atoms with Gasteiger partial charge in [-0.2, -0.15) is 0 Å². The van der Waals surface area contributed by atoms with Gasteiger partial charge in [-0.25, -0.2) is 9.66 Å². The molecule has 0 bridgehead atoms. The molecule has 7 heteroatoms. The zero-order chi connectivity index (χ0) is 16.1. The minimum Gasteiger partial charge on any atom is -0.466 e. The van der Waals surface area contributed by atoms with Gasteiger partial charge in [0.2, 0.25) is 5.91 Å². The topological polar surface area (TPSA) is 73.2 Å². The van der Waals surface area contributed by atoms with Gasteiger partial charge in [-0.1, -0.05) is 28.1 Å². The first-order valence-corrected chi connectivity index (χ1v) is 7.56. The van der Waals surface area contributed by atoms with Crippen LogP contribution in [0.4, 0.5) is 0 Å². The maximum absolute atomic E-state index is 11.6. The van der Waals surface area contributed by atoms with Gasteiger partial charge in [0.1, 0.15) is 12.2 Å². The summed E-state index contributed by atoms with van der Waals surface area (Å²) in [6.45, 7) is 3.44. The van der Waals surface area contributed by atoms with Gasteiger partial charge >= 0.3 is 5.97 Å². The number of hydrogen-bond donors (Lipinski definition) is 1. The summed E-state index contributed by atoms with van der Waals surface area (Å²) in [4.78, 5) is 27.3. The highest BCUT2D eigenvalue weighted by atomic mass is 79.9. The van der Waals surface area contributed by atoms with Crippen molar-refractivity contribution in [1.82, 2.24) is 9.66 Å².